The zero-order chi connectivity index (χ0) is 42.2. The highest BCUT2D eigenvalue weighted by Crippen LogP contribution is 2.47. The van der Waals surface area contributed by atoms with Crippen LogP contribution in [0, 0.1) is 23.7 Å². The van der Waals surface area contributed by atoms with Crippen molar-refractivity contribution >= 4 is 11.9 Å². The molecule has 14 nitrogen and oxygen atoms in total. The van der Waals surface area contributed by atoms with Crippen molar-refractivity contribution in [2.24, 2.45) is 23.7 Å². The van der Waals surface area contributed by atoms with E-state index in [0.29, 0.717) is 18.6 Å². The van der Waals surface area contributed by atoms with Crippen LogP contribution in [0.4, 0.5) is 0 Å². The maximum Gasteiger partial charge on any atom is 0.311 e. The SMILES string of the molecule is CC[C@H]1OC(=O)[C@H](C)[C@@H](O[C@H]2C[C@@](C)(OC)[C@@H](O)[C@H](C)O2)[C@H](C)[C@@H](O[C@@H]2O[C@H](C)C[C@H](N(C)C)[C@H]2OC(=O)CC(C)C)[C@@]2(C)CC(C)=C(O2)[C@H](C)[C@@H](O)[C@]1(C)O. The van der Waals surface area contributed by atoms with Gasteiger partial charge in [-0.3, -0.25) is 9.59 Å². The number of cyclic esters (lactones) is 1. The number of aliphatic hydroxyl groups excluding tert-OH is 2. The second-order valence-corrected chi connectivity index (χ2v) is 18.4. The first-order chi connectivity index (χ1) is 25.9. The van der Waals surface area contributed by atoms with E-state index in [1.54, 1.807) is 34.6 Å². The highest BCUT2D eigenvalue weighted by molar-refractivity contribution is 5.73. The first-order valence-electron chi connectivity index (χ1n) is 20.6. The molecule has 17 atom stereocenters. The molecule has 2 bridgehead atoms. The summed E-state index contributed by atoms with van der Waals surface area (Å²) in [5, 5.41) is 34.6. The van der Waals surface area contributed by atoms with Gasteiger partial charge < -0.3 is 58.1 Å². The summed E-state index contributed by atoms with van der Waals surface area (Å²) in [4.78, 5) is 29.6. The van der Waals surface area contributed by atoms with Crippen molar-refractivity contribution in [3.05, 3.63) is 11.3 Å². The van der Waals surface area contributed by atoms with Crippen LogP contribution in [0.25, 0.3) is 0 Å². The minimum atomic E-state index is -1.84. The molecule has 0 amide bonds. The molecule has 3 saturated heterocycles. The summed E-state index contributed by atoms with van der Waals surface area (Å²) < 4.78 is 51.8. The van der Waals surface area contributed by atoms with Gasteiger partial charge in [0.2, 0.25) is 0 Å². The number of ether oxygens (including phenoxy) is 8. The van der Waals surface area contributed by atoms with Crippen molar-refractivity contribution in [2.75, 3.05) is 21.2 Å². The third-order valence-corrected chi connectivity index (χ3v) is 12.8. The van der Waals surface area contributed by atoms with Crippen LogP contribution in [0.1, 0.15) is 115 Å². The van der Waals surface area contributed by atoms with E-state index < -0.39 is 95.8 Å². The Labute approximate surface area is 334 Å². The molecular weight excluding hydrogens is 726 g/mol. The fourth-order valence-corrected chi connectivity index (χ4v) is 9.37. The molecule has 0 aliphatic carbocycles. The molecule has 4 heterocycles. The second-order valence-electron chi connectivity index (χ2n) is 18.4. The molecule has 0 saturated carbocycles. The number of hydrogen-bond acceptors (Lipinski definition) is 14. The molecule has 56 heavy (non-hydrogen) atoms. The maximum absolute atomic E-state index is 14.3. The summed E-state index contributed by atoms with van der Waals surface area (Å²) in [6, 6.07) is -0.239. The van der Waals surface area contributed by atoms with E-state index in [0.717, 1.165) is 5.57 Å². The smallest absolute Gasteiger partial charge is 0.311 e. The van der Waals surface area contributed by atoms with Crippen LogP contribution in [0.2, 0.25) is 0 Å². The number of fused-ring (bicyclic) bond motifs is 2. The highest BCUT2D eigenvalue weighted by Gasteiger charge is 2.56. The molecular formula is C42H73NO13. The van der Waals surface area contributed by atoms with E-state index in [9.17, 15) is 24.9 Å². The molecule has 0 spiro atoms. The summed E-state index contributed by atoms with van der Waals surface area (Å²) in [7, 11) is 5.39. The Bertz CT molecular complexity index is 1390. The standard InChI is InChI=1S/C42H73NO13/c1-16-29-42(12,48)35(45)24(6)32-22(4)19-41(11,56-32)37(55-39-34(53-30(44)17-21(2)3)28(43(13)14)18-23(5)50-39)25(7)33(26(8)38(47)52-29)54-31-20-40(10,49-15)36(46)27(9)51-31/h21,23-29,31,33-37,39,45-46,48H,16-20H2,1-15H3/t23-,24+,25+,26-,27+,28+,29-,31+,33+,34-,35-,36+,37-,39+,40-,41-,42-/m1/s1. The predicted octanol–water partition coefficient (Wildman–Crippen LogP) is 4.49. The zero-order valence-corrected chi connectivity index (χ0v) is 36.6. The summed E-state index contributed by atoms with van der Waals surface area (Å²) in [6.07, 6.45) is -7.30. The predicted molar refractivity (Wildman–Crippen MR) is 207 cm³/mol. The topological polar surface area (TPSA) is 172 Å². The van der Waals surface area contributed by atoms with Crippen LogP contribution >= 0.6 is 0 Å². The summed E-state index contributed by atoms with van der Waals surface area (Å²) >= 11 is 0. The molecule has 14 heteroatoms. The van der Waals surface area contributed by atoms with E-state index in [1.807, 2.05) is 60.5 Å². The molecule has 324 valence electrons. The number of rotatable bonds is 10. The minimum Gasteiger partial charge on any atom is -0.489 e. The van der Waals surface area contributed by atoms with Crippen LogP contribution < -0.4 is 0 Å². The van der Waals surface area contributed by atoms with Gasteiger partial charge in [0.1, 0.15) is 35.3 Å². The van der Waals surface area contributed by atoms with E-state index >= 15 is 0 Å². The molecule has 4 aliphatic heterocycles. The molecule has 4 rings (SSSR count). The van der Waals surface area contributed by atoms with Crippen molar-refractivity contribution in [1.82, 2.24) is 4.90 Å². The summed E-state index contributed by atoms with van der Waals surface area (Å²) in [6.45, 7) is 21.9. The van der Waals surface area contributed by atoms with Gasteiger partial charge in [0.25, 0.3) is 0 Å². The van der Waals surface area contributed by atoms with Crippen molar-refractivity contribution in [3.63, 3.8) is 0 Å². The van der Waals surface area contributed by atoms with Crippen LogP contribution in [0.5, 0.6) is 0 Å². The van der Waals surface area contributed by atoms with Gasteiger partial charge in [-0.2, -0.15) is 0 Å². The van der Waals surface area contributed by atoms with Gasteiger partial charge in [0.15, 0.2) is 18.7 Å². The maximum atomic E-state index is 14.3. The van der Waals surface area contributed by atoms with Gasteiger partial charge in [-0.05, 0) is 86.9 Å². The third-order valence-electron chi connectivity index (χ3n) is 12.8. The summed E-state index contributed by atoms with van der Waals surface area (Å²) in [5.41, 5.74) is -3.11. The number of methoxy groups -OCH3 is 1. The Hall–Kier alpha value is -1.88. The van der Waals surface area contributed by atoms with E-state index in [-0.39, 0.29) is 43.3 Å². The van der Waals surface area contributed by atoms with Crippen molar-refractivity contribution in [1.29, 1.82) is 0 Å². The number of nitrogens with zero attached hydrogens (tertiary/aromatic N) is 1. The summed E-state index contributed by atoms with van der Waals surface area (Å²) in [5.74, 6) is -2.73. The van der Waals surface area contributed by atoms with Crippen LogP contribution in [0.15, 0.2) is 11.3 Å². The average Bonchev–Trinajstić information content (AvgIpc) is 3.43. The van der Waals surface area contributed by atoms with E-state index in [2.05, 4.69) is 0 Å². The number of hydrogen-bond donors (Lipinski definition) is 3. The first kappa shape index (κ1) is 46.8. The average molecular weight is 800 g/mol. The molecule has 0 radical (unpaired) electrons. The van der Waals surface area contributed by atoms with Crippen LogP contribution in [0.3, 0.4) is 0 Å². The van der Waals surface area contributed by atoms with Gasteiger partial charge >= 0.3 is 11.9 Å². The van der Waals surface area contributed by atoms with Gasteiger partial charge in [-0.1, -0.05) is 34.6 Å². The Morgan fingerprint density at radius 1 is 0.982 bits per heavy atom. The first-order valence-corrected chi connectivity index (χ1v) is 20.6. The van der Waals surface area contributed by atoms with E-state index in [4.69, 9.17) is 37.9 Å². The van der Waals surface area contributed by atoms with Gasteiger partial charge in [0, 0.05) is 38.2 Å². The number of likely N-dealkylation sites (N-methyl/N-ethyl adjacent to an activating group) is 1. The van der Waals surface area contributed by atoms with Gasteiger partial charge in [-0.25, -0.2) is 0 Å². The molecule has 0 unspecified atom stereocenters. The minimum absolute atomic E-state index is 0.0761. The van der Waals surface area contributed by atoms with Gasteiger partial charge in [0.05, 0.1) is 42.0 Å². The fourth-order valence-electron chi connectivity index (χ4n) is 9.37. The zero-order valence-electron chi connectivity index (χ0n) is 36.6. The molecule has 0 aromatic heterocycles. The number of esters is 2. The molecule has 0 aromatic rings. The molecule has 3 fully saturated rings. The van der Waals surface area contributed by atoms with Gasteiger partial charge in [-0.15, -0.1) is 0 Å². The fraction of sp³-hybridized carbons (Fsp3) is 0.905. The highest BCUT2D eigenvalue weighted by atomic mass is 16.7. The largest absolute Gasteiger partial charge is 0.489 e. The molecule has 4 aliphatic rings. The Kier molecular flexibility index (Phi) is 15.2. The molecule has 0 aromatic carbocycles. The van der Waals surface area contributed by atoms with Crippen molar-refractivity contribution in [2.45, 2.75) is 199 Å². The number of carbonyl (C=O) groups excluding carboxylic acids is 2. The van der Waals surface area contributed by atoms with Crippen LogP contribution in [-0.4, -0.2) is 138 Å². The Morgan fingerprint density at radius 2 is 1.62 bits per heavy atom. The van der Waals surface area contributed by atoms with E-state index in [1.165, 1.54) is 14.0 Å². The lowest BCUT2D eigenvalue weighted by molar-refractivity contribution is -0.318. The number of aliphatic hydroxyl groups is 3. The monoisotopic (exact) mass is 800 g/mol. The quantitative estimate of drug-likeness (QED) is 0.264. The Morgan fingerprint density at radius 3 is 2.20 bits per heavy atom. The Balaban J connectivity index is 1.88. The second kappa shape index (κ2) is 18.2. The van der Waals surface area contributed by atoms with Crippen LogP contribution in [-0.2, 0) is 47.5 Å². The lowest BCUT2D eigenvalue weighted by atomic mass is 9.78. The number of carbonyl (C=O) groups is 2. The van der Waals surface area contributed by atoms with Crippen molar-refractivity contribution in [3.8, 4) is 0 Å². The third kappa shape index (κ3) is 9.76. The normalized spacial score (nSPS) is 45.5. The lowest BCUT2D eigenvalue weighted by Crippen LogP contribution is -2.61. The lowest BCUT2D eigenvalue weighted by Gasteiger charge is -2.49. The molecule has 3 N–H and O–H groups in total. The van der Waals surface area contributed by atoms with Crippen molar-refractivity contribution < 1.29 is 62.8 Å².